The third-order valence-electron chi connectivity index (χ3n) is 4.11. The largest absolute Gasteiger partial charge is 0.454 e. The van der Waals surface area contributed by atoms with Crippen molar-refractivity contribution in [2.45, 2.75) is 25.3 Å². The molecular formula is C17H19N3O4S2. The molecule has 0 atom stereocenters. The molecule has 7 nitrogen and oxygen atoms in total. The van der Waals surface area contributed by atoms with Crippen LogP contribution < -0.4 is 25.2 Å². The van der Waals surface area contributed by atoms with Crippen LogP contribution in [0.15, 0.2) is 35.2 Å². The van der Waals surface area contributed by atoms with Gasteiger partial charge >= 0.3 is 0 Å². The van der Waals surface area contributed by atoms with E-state index in [0.29, 0.717) is 23.1 Å². The number of nitrogens with two attached hydrogens (primary N) is 1. The van der Waals surface area contributed by atoms with Gasteiger partial charge in [-0.15, -0.1) is 0 Å². The number of fused-ring (bicyclic) bond motifs is 1. The lowest BCUT2D eigenvalue weighted by atomic mass is 10.1. The molecule has 1 heterocycles. The smallest absolute Gasteiger partial charge is 0.238 e. The second-order valence-corrected chi connectivity index (χ2v) is 7.92. The molecule has 26 heavy (non-hydrogen) atoms. The normalized spacial score (nSPS) is 12.7. The van der Waals surface area contributed by atoms with Gasteiger partial charge in [0.15, 0.2) is 16.6 Å². The highest BCUT2D eigenvalue weighted by atomic mass is 32.2. The molecule has 0 bridgehead atoms. The molecule has 3 rings (SSSR count). The number of sulfonamides is 1. The standard InChI is InChI=1S/C17H19N3O4S2/c1-10-5-13(26(18,21)22)7-14(11(10)2)20-17(25)19-8-12-3-4-15-16(6-12)24-9-23-15/h3-7H,8-9H2,1-2H3,(H2,18,21,22)(H2,19,20,25). The van der Waals surface area contributed by atoms with Crippen molar-refractivity contribution in [2.24, 2.45) is 5.14 Å². The zero-order valence-corrected chi connectivity index (χ0v) is 16.0. The Morgan fingerprint density at radius 1 is 1.19 bits per heavy atom. The van der Waals surface area contributed by atoms with E-state index in [1.807, 2.05) is 32.0 Å². The molecule has 138 valence electrons. The van der Waals surface area contributed by atoms with Crippen LogP contribution >= 0.6 is 12.2 Å². The molecule has 2 aromatic rings. The van der Waals surface area contributed by atoms with Gasteiger partial charge in [-0.1, -0.05) is 6.07 Å². The first-order valence-electron chi connectivity index (χ1n) is 7.81. The van der Waals surface area contributed by atoms with Gasteiger partial charge in [-0.05, 0) is 67.0 Å². The maximum absolute atomic E-state index is 11.6. The minimum Gasteiger partial charge on any atom is -0.454 e. The van der Waals surface area contributed by atoms with Crippen LogP contribution in [0.4, 0.5) is 5.69 Å². The first-order valence-corrected chi connectivity index (χ1v) is 9.77. The van der Waals surface area contributed by atoms with Crippen molar-refractivity contribution in [1.29, 1.82) is 0 Å². The Labute approximate surface area is 157 Å². The van der Waals surface area contributed by atoms with Gasteiger partial charge in [0.2, 0.25) is 16.8 Å². The maximum Gasteiger partial charge on any atom is 0.238 e. The first kappa shape index (κ1) is 18.4. The zero-order valence-electron chi connectivity index (χ0n) is 14.3. The van der Waals surface area contributed by atoms with Crippen molar-refractivity contribution in [1.82, 2.24) is 5.32 Å². The van der Waals surface area contributed by atoms with E-state index >= 15 is 0 Å². The molecule has 1 aliphatic heterocycles. The van der Waals surface area contributed by atoms with E-state index in [0.717, 1.165) is 22.4 Å². The average molecular weight is 393 g/mol. The Morgan fingerprint density at radius 3 is 2.65 bits per heavy atom. The van der Waals surface area contributed by atoms with Gasteiger partial charge in [0.25, 0.3) is 0 Å². The summed E-state index contributed by atoms with van der Waals surface area (Å²) in [5, 5.41) is 11.7. The number of hydrogen-bond donors (Lipinski definition) is 3. The molecule has 1 aliphatic rings. The van der Waals surface area contributed by atoms with E-state index in [-0.39, 0.29) is 11.7 Å². The quantitative estimate of drug-likeness (QED) is 0.684. The summed E-state index contributed by atoms with van der Waals surface area (Å²) < 4.78 is 33.9. The van der Waals surface area contributed by atoms with Crippen molar-refractivity contribution in [3.8, 4) is 11.5 Å². The summed E-state index contributed by atoms with van der Waals surface area (Å²) in [5.74, 6) is 1.43. The van der Waals surface area contributed by atoms with Crippen LogP contribution in [0.3, 0.4) is 0 Å². The number of ether oxygens (including phenoxy) is 2. The molecule has 0 aromatic heterocycles. The molecule has 0 spiro atoms. The molecule has 2 aromatic carbocycles. The number of nitrogens with one attached hydrogen (secondary N) is 2. The van der Waals surface area contributed by atoms with E-state index in [1.165, 1.54) is 6.07 Å². The van der Waals surface area contributed by atoms with Crippen molar-refractivity contribution in [3.63, 3.8) is 0 Å². The summed E-state index contributed by atoms with van der Waals surface area (Å²) in [5.41, 5.74) is 3.27. The fraction of sp³-hybridized carbons (Fsp3) is 0.235. The van der Waals surface area contributed by atoms with E-state index in [4.69, 9.17) is 26.8 Å². The van der Waals surface area contributed by atoms with Crippen LogP contribution in [0.1, 0.15) is 16.7 Å². The molecule has 0 aliphatic carbocycles. The fourth-order valence-electron chi connectivity index (χ4n) is 2.52. The summed E-state index contributed by atoms with van der Waals surface area (Å²) in [6.45, 7) is 4.41. The molecule has 9 heteroatoms. The van der Waals surface area contributed by atoms with E-state index < -0.39 is 10.0 Å². The molecule has 0 amide bonds. The molecule has 0 saturated heterocycles. The van der Waals surface area contributed by atoms with Crippen molar-refractivity contribution in [2.75, 3.05) is 12.1 Å². The van der Waals surface area contributed by atoms with Crippen LogP contribution in [-0.2, 0) is 16.6 Å². The van der Waals surface area contributed by atoms with Gasteiger partial charge < -0.3 is 20.1 Å². The number of rotatable bonds is 4. The Morgan fingerprint density at radius 2 is 1.92 bits per heavy atom. The van der Waals surface area contributed by atoms with E-state index in [2.05, 4.69) is 10.6 Å². The van der Waals surface area contributed by atoms with E-state index in [1.54, 1.807) is 6.07 Å². The fourth-order valence-corrected chi connectivity index (χ4v) is 3.33. The van der Waals surface area contributed by atoms with Crippen LogP contribution in [0.25, 0.3) is 0 Å². The SMILES string of the molecule is Cc1cc(S(N)(=O)=O)cc(NC(=S)NCc2ccc3c(c2)OCO3)c1C. The van der Waals surface area contributed by atoms with Gasteiger partial charge in [0.05, 0.1) is 4.90 Å². The topological polar surface area (TPSA) is 103 Å². The van der Waals surface area contributed by atoms with Crippen molar-refractivity contribution >= 4 is 33.0 Å². The monoisotopic (exact) mass is 393 g/mol. The zero-order chi connectivity index (χ0) is 18.9. The predicted molar refractivity (Wildman–Crippen MR) is 103 cm³/mol. The lowest BCUT2D eigenvalue weighted by Gasteiger charge is -2.15. The summed E-state index contributed by atoms with van der Waals surface area (Å²) in [4.78, 5) is 0.0432. The Hall–Kier alpha value is -2.36. The summed E-state index contributed by atoms with van der Waals surface area (Å²) >= 11 is 5.32. The van der Waals surface area contributed by atoms with Gasteiger partial charge in [0.1, 0.15) is 0 Å². The van der Waals surface area contributed by atoms with E-state index in [9.17, 15) is 8.42 Å². The van der Waals surface area contributed by atoms with Crippen LogP contribution in [0.2, 0.25) is 0 Å². The molecule has 0 radical (unpaired) electrons. The highest BCUT2D eigenvalue weighted by molar-refractivity contribution is 7.89. The first-order chi connectivity index (χ1) is 12.2. The lowest BCUT2D eigenvalue weighted by molar-refractivity contribution is 0.174. The number of primary sulfonamides is 1. The Balaban J connectivity index is 1.69. The van der Waals surface area contributed by atoms with Crippen LogP contribution in [-0.4, -0.2) is 20.3 Å². The predicted octanol–water partition coefficient (Wildman–Crippen LogP) is 2.17. The maximum atomic E-state index is 11.6. The number of hydrogen-bond acceptors (Lipinski definition) is 5. The van der Waals surface area contributed by atoms with Gasteiger partial charge in [-0.2, -0.15) is 0 Å². The summed E-state index contributed by atoms with van der Waals surface area (Å²) in [6, 6.07) is 8.67. The molecule has 0 fully saturated rings. The summed E-state index contributed by atoms with van der Waals surface area (Å²) in [6.07, 6.45) is 0. The molecule has 0 saturated carbocycles. The number of aryl methyl sites for hydroxylation is 1. The van der Waals surface area contributed by atoms with Gasteiger partial charge in [-0.3, -0.25) is 0 Å². The highest BCUT2D eigenvalue weighted by Gasteiger charge is 2.15. The minimum atomic E-state index is -3.79. The van der Waals surface area contributed by atoms with Crippen molar-refractivity contribution < 1.29 is 17.9 Å². The van der Waals surface area contributed by atoms with Crippen LogP contribution in [0, 0.1) is 13.8 Å². The van der Waals surface area contributed by atoms with Crippen LogP contribution in [0.5, 0.6) is 11.5 Å². The highest BCUT2D eigenvalue weighted by Crippen LogP contribution is 2.32. The Bertz CT molecular complexity index is 974. The number of anilines is 1. The third kappa shape index (κ3) is 4.06. The number of benzene rings is 2. The van der Waals surface area contributed by atoms with Gasteiger partial charge in [-0.25, -0.2) is 13.6 Å². The molecule has 0 unspecified atom stereocenters. The molecule has 4 N–H and O–H groups in total. The average Bonchev–Trinajstić information content (AvgIpc) is 3.03. The Kier molecular flexibility index (Phi) is 5.03. The van der Waals surface area contributed by atoms with Gasteiger partial charge in [0, 0.05) is 12.2 Å². The minimum absolute atomic E-state index is 0.0432. The summed E-state index contributed by atoms with van der Waals surface area (Å²) in [7, 11) is -3.79. The second kappa shape index (κ2) is 7.10. The third-order valence-corrected chi connectivity index (χ3v) is 5.25. The number of thiocarbonyl (C=S) groups is 1. The molecular weight excluding hydrogens is 374 g/mol. The lowest BCUT2D eigenvalue weighted by Crippen LogP contribution is -2.28. The second-order valence-electron chi connectivity index (χ2n) is 5.95. The van der Waals surface area contributed by atoms with Crippen molar-refractivity contribution in [3.05, 3.63) is 47.0 Å².